The molecule has 5 nitrogen and oxygen atoms in total. The van der Waals surface area contributed by atoms with Crippen LogP contribution in [0.2, 0.25) is 0 Å². The van der Waals surface area contributed by atoms with Crippen LogP contribution in [0.15, 0.2) is 48.6 Å². The molecule has 1 N–H and O–H groups in total. The Morgan fingerprint density at radius 2 is 1.83 bits per heavy atom. The molecule has 5 heteroatoms. The van der Waals surface area contributed by atoms with Gasteiger partial charge in [-0.15, -0.1) is 0 Å². The normalized spacial score (nSPS) is 10.9. The van der Waals surface area contributed by atoms with Gasteiger partial charge in [0.15, 0.2) is 12.4 Å². The summed E-state index contributed by atoms with van der Waals surface area (Å²) in [6, 6.07) is 7.18. The average molecular weight is 329 g/mol. The second kappa shape index (κ2) is 10.9. The quantitative estimate of drug-likeness (QED) is 0.248. The molecular formula is C19H23NO4. The van der Waals surface area contributed by atoms with Gasteiger partial charge in [0, 0.05) is 25.1 Å². The molecule has 0 fully saturated rings. The first-order valence-corrected chi connectivity index (χ1v) is 7.85. The molecule has 0 unspecified atom stereocenters. The van der Waals surface area contributed by atoms with Gasteiger partial charge in [0.05, 0.1) is 0 Å². The van der Waals surface area contributed by atoms with Crippen LogP contribution < -0.4 is 5.32 Å². The lowest BCUT2D eigenvalue weighted by Crippen LogP contribution is -2.21. The fourth-order valence-corrected chi connectivity index (χ4v) is 1.93. The summed E-state index contributed by atoms with van der Waals surface area (Å²) in [6.45, 7) is 3.68. The van der Waals surface area contributed by atoms with Gasteiger partial charge < -0.3 is 10.1 Å². The number of rotatable bonds is 9. The number of carbonyl (C=O) groups is 3. The second-order valence-corrected chi connectivity index (χ2v) is 5.20. The van der Waals surface area contributed by atoms with Crippen LogP contribution in [0.5, 0.6) is 0 Å². The van der Waals surface area contributed by atoms with Crippen LogP contribution in [-0.4, -0.2) is 30.8 Å². The SMILES string of the molecule is C/C=C/C=C/C(=O)OCC(=O)c1ccc(CCCNC(C)=O)cc1. The van der Waals surface area contributed by atoms with E-state index in [1.165, 1.54) is 13.0 Å². The maximum absolute atomic E-state index is 12.0. The molecule has 1 aromatic carbocycles. The predicted molar refractivity (Wildman–Crippen MR) is 92.7 cm³/mol. The highest BCUT2D eigenvalue weighted by Crippen LogP contribution is 2.08. The molecule has 128 valence electrons. The molecule has 1 amide bonds. The van der Waals surface area contributed by atoms with E-state index >= 15 is 0 Å². The molecule has 24 heavy (non-hydrogen) atoms. The summed E-state index contributed by atoms with van der Waals surface area (Å²) in [5.74, 6) is -0.824. The van der Waals surface area contributed by atoms with Gasteiger partial charge >= 0.3 is 5.97 Å². The summed E-state index contributed by atoms with van der Waals surface area (Å²) in [5, 5.41) is 2.74. The summed E-state index contributed by atoms with van der Waals surface area (Å²) < 4.78 is 4.89. The summed E-state index contributed by atoms with van der Waals surface area (Å²) in [6.07, 6.45) is 7.97. The van der Waals surface area contributed by atoms with Crippen molar-refractivity contribution in [2.24, 2.45) is 0 Å². The fraction of sp³-hybridized carbons (Fsp3) is 0.316. The zero-order chi connectivity index (χ0) is 17.8. The van der Waals surface area contributed by atoms with Crippen molar-refractivity contribution in [2.45, 2.75) is 26.7 Å². The molecular weight excluding hydrogens is 306 g/mol. The largest absolute Gasteiger partial charge is 0.454 e. The van der Waals surface area contributed by atoms with Gasteiger partial charge in [0.2, 0.25) is 5.91 Å². The van der Waals surface area contributed by atoms with E-state index < -0.39 is 5.97 Å². The highest BCUT2D eigenvalue weighted by Gasteiger charge is 2.08. The van der Waals surface area contributed by atoms with E-state index in [1.54, 1.807) is 30.4 Å². The maximum Gasteiger partial charge on any atom is 0.331 e. The lowest BCUT2D eigenvalue weighted by molar-refractivity contribution is -0.136. The van der Waals surface area contributed by atoms with Crippen molar-refractivity contribution in [1.82, 2.24) is 5.32 Å². The van der Waals surface area contributed by atoms with Crippen molar-refractivity contribution < 1.29 is 19.1 Å². The summed E-state index contributed by atoms with van der Waals surface area (Å²) >= 11 is 0. The Labute approximate surface area is 142 Å². The Balaban J connectivity index is 2.40. The van der Waals surface area contributed by atoms with E-state index in [-0.39, 0.29) is 18.3 Å². The zero-order valence-electron chi connectivity index (χ0n) is 14.1. The fourth-order valence-electron chi connectivity index (χ4n) is 1.93. The molecule has 0 bridgehead atoms. The topological polar surface area (TPSA) is 72.5 Å². The highest BCUT2D eigenvalue weighted by atomic mass is 16.5. The number of allylic oxidation sites excluding steroid dienone is 3. The third-order valence-electron chi connectivity index (χ3n) is 3.17. The van der Waals surface area contributed by atoms with Crippen molar-refractivity contribution in [3.05, 3.63) is 59.7 Å². The van der Waals surface area contributed by atoms with Gasteiger partial charge in [-0.05, 0) is 25.3 Å². The van der Waals surface area contributed by atoms with Gasteiger partial charge in [-0.1, -0.05) is 42.5 Å². The standard InChI is InChI=1S/C19H23NO4/c1-3-4-5-8-19(23)24-14-18(22)17-11-9-16(10-12-17)7-6-13-20-15(2)21/h3-5,8-12H,6-7,13-14H2,1-2H3,(H,20,21)/b4-3+,8-5+. The van der Waals surface area contributed by atoms with Gasteiger partial charge in [-0.2, -0.15) is 0 Å². The summed E-state index contributed by atoms with van der Waals surface area (Å²) in [5.41, 5.74) is 1.59. The van der Waals surface area contributed by atoms with E-state index in [4.69, 9.17) is 4.74 Å². The van der Waals surface area contributed by atoms with Crippen molar-refractivity contribution >= 4 is 17.7 Å². The Morgan fingerprint density at radius 3 is 2.46 bits per heavy atom. The monoisotopic (exact) mass is 329 g/mol. The lowest BCUT2D eigenvalue weighted by atomic mass is 10.1. The molecule has 0 atom stereocenters. The highest BCUT2D eigenvalue weighted by molar-refractivity contribution is 5.98. The molecule has 0 aliphatic heterocycles. The Morgan fingerprint density at radius 1 is 1.12 bits per heavy atom. The third-order valence-corrected chi connectivity index (χ3v) is 3.17. The second-order valence-electron chi connectivity index (χ2n) is 5.20. The molecule has 1 rings (SSSR count). The minimum absolute atomic E-state index is 0.0361. The van der Waals surface area contributed by atoms with E-state index in [2.05, 4.69) is 5.32 Å². The molecule has 0 saturated heterocycles. The molecule has 0 saturated carbocycles. The van der Waals surface area contributed by atoms with Crippen molar-refractivity contribution in [2.75, 3.05) is 13.2 Å². The minimum Gasteiger partial charge on any atom is -0.454 e. The molecule has 0 aromatic heterocycles. The first-order valence-electron chi connectivity index (χ1n) is 7.85. The Kier molecular flexibility index (Phi) is 8.82. The number of ether oxygens (including phenoxy) is 1. The van der Waals surface area contributed by atoms with Crippen LogP contribution in [0, 0.1) is 0 Å². The number of amides is 1. The zero-order valence-corrected chi connectivity index (χ0v) is 14.1. The predicted octanol–water partition coefficient (Wildman–Crippen LogP) is 2.61. The smallest absolute Gasteiger partial charge is 0.331 e. The number of esters is 1. The summed E-state index contributed by atoms with van der Waals surface area (Å²) in [7, 11) is 0. The maximum atomic E-state index is 12.0. The molecule has 0 aliphatic rings. The summed E-state index contributed by atoms with van der Waals surface area (Å²) in [4.78, 5) is 34.1. The molecule has 1 aromatic rings. The molecule has 0 heterocycles. The number of Topliss-reactive ketones (excluding diaryl/α,β-unsaturated/α-hetero) is 1. The first-order chi connectivity index (χ1) is 11.5. The third kappa shape index (κ3) is 8.08. The number of nitrogens with one attached hydrogen (secondary N) is 1. The van der Waals surface area contributed by atoms with E-state index in [0.29, 0.717) is 12.1 Å². The van der Waals surface area contributed by atoms with Crippen LogP contribution in [0.1, 0.15) is 36.2 Å². The average Bonchev–Trinajstić information content (AvgIpc) is 2.57. The van der Waals surface area contributed by atoms with Gasteiger partial charge in [-0.25, -0.2) is 4.79 Å². The number of aryl methyl sites for hydroxylation is 1. The van der Waals surface area contributed by atoms with Crippen LogP contribution in [0.25, 0.3) is 0 Å². The van der Waals surface area contributed by atoms with Crippen LogP contribution >= 0.6 is 0 Å². The number of hydrogen-bond donors (Lipinski definition) is 1. The number of benzene rings is 1. The molecule has 0 spiro atoms. The Hall–Kier alpha value is -2.69. The van der Waals surface area contributed by atoms with Crippen LogP contribution in [0.4, 0.5) is 0 Å². The molecule has 0 radical (unpaired) electrons. The molecule has 0 aliphatic carbocycles. The van der Waals surface area contributed by atoms with E-state index in [1.807, 2.05) is 19.1 Å². The van der Waals surface area contributed by atoms with Crippen molar-refractivity contribution in [3.63, 3.8) is 0 Å². The Bertz CT molecular complexity index is 615. The minimum atomic E-state index is -0.545. The van der Waals surface area contributed by atoms with Crippen LogP contribution in [-0.2, 0) is 20.7 Å². The van der Waals surface area contributed by atoms with E-state index in [0.717, 1.165) is 18.4 Å². The van der Waals surface area contributed by atoms with Gasteiger partial charge in [0.1, 0.15) is 0 Å². The first kappa shape index (κ1) is 19.4. The van der Waals surface area contributed by atoms with Gasteiger partial charge in [-0.3, -0.25) is 9.59 Å². The van der Waals surface area contributed by atoms with Crippen molar-refractivity contribution in [3.8, 4) is 0 Å². The van der Waals surface area contributed by atoms with Crippen LogP contribution in [0.3, 0.4) is 0 Å². The number of carbonyl (C=O) groups excluding carboxylic acids is 3. The van der Waals surface area contributed by atoms with E-state index in [9.17, 15) is 14.4 Å². The number of hydrogen-bond acceptors (Lipinski definition) is 4. The van der Waals surface area contributed by atoms with Gasteiger partial charge in [0.25, 0.3) is 0 Å². The van der Waals surface area contributed by atoms with Crippen molar-refractivity contribution in [1.29, 1.82) is 0 Å². The number of ketones is 1. The lowest BCUT2D eigenvalue weighted by Gasteiger charge is -2.05.